The largest absolute Gasteiger partial charge is 0.318 e. The third-order valence-corrected chi connectivity index (χ3v) is 3.60. The van der Waals surface area contributed by atoms with Crippen LogP contribution in [0.2, 0.25) is 0 Å². The van der Waals surface area contributed by atoms with Gasteiger partial charge in [0.25, 0.3) is 0 Å². The number of nitrogens with one attached hydrogen (secondary N) is 1. The van der Waals surface area contributed by atoms with Crippen LogP contribution in [0, 0.1) is 5.92 Å². The van der Waals surface area contributed by atoms with E-state index < -0.39 is 0 Å². The molecule has 0 aromatic carbocycles. The zero-order valence-electron chi connectivity index (χ0n) is 10.2. The molecule has 3 heteroatoms. The molecule has 0 bridgehead atoms. The van der Waals surface area contributed by atoms with Crippen LogP contribution in [0.1, 0.15) is 18.7 Å². The molecule has 1 rings (SSSR count). The molecule has 2 nitrogen and oxygen atoms in total. The summed E-state index contributed by atoms with van der Waals surface area (Å²) < 4.78 is 0. The van der Waals surface area contributed by atoms with Gasteiger partial charge >= 0.3 is 0 Å². The van der Waals surface area contributed by atoms with E-state index >= 15 is 0 Å². The second-order valence-electron chi connectivity index (χ2n) is 4.36. The maximum Gasteiger partial charge on any atom is 0.0328 e. The van der Waals surface area contributed by atoms with Crippen molar-refractivity contribution in [1.29, 1.82) is 0 Å². The highest BCUT2D eigenvalue weighted by atomic mass is 32.1. The summed E-state index contributed by atoms with van der Waals surface area (Å²) >= 11 is 1.84. The summed E-state index contributed by atoms with van der Waals surface area (Å²) in [6, 6.07) is 4.94. The van der Waals surface area contributed by atoms with Crippen molar-refractivity contribution in [2.24, 2.45) is 5.92 Å². The molecule has 86 valence electrons. The van der Waals surface area contributed by atoms with Crippen LogP contribution in [0.3, 0.4) is 0 Å². The average Bonchev–Trinajstić information content (AvgIpc) is 2.65. The smallest absolute Gasteiger partial charge is 0.0328 e. The van der Waals surface area contributed by atoms with E-state index in [1.807, 2.05) is 18.4 Å². The summed E-state index contributed by atoms with van der Waals surface area (Å²) in [5.74, 6) is 0.683. The maximum absolute atomic E-state index is 3.27. The molecular weight excluding hydrogens is 204 g/mol. The highest BCUT2D eigenvalue weighted by molar-refractivity contribution is 7.09. The van der Waals surface area contributed by atoms with Crippen LogP contribution in [-0.4, -0.2) is 31.6 Å². The molecule has 1 unspecified atom stereocenters. The lowest BCUT2D eigenvalue weighted by molar-refractivity contribution is 0.184. The van der Waals surface area contributed by atoms with Crippen molar-refractivity contribution in [3.63, 3.8) is 0 Å². The lowest BCUT2D eigenvalue weighted by Gasteiger charge is -2.30. The van der Waals surface area contributed by atoms with Gasteiger partial charge in [-0.2, -0.15) is 0 Å². The Labute approximate surface area is 97.3 Å². The second kappa shape index (κ2) is 6.26. The normalized spacial score (nSPS) is 13.7. The number of rotatable bonds is 6. The van der Waals surface area contributed by atoms with E-state index in [1.165, 1.54) is 4.88 Å². The number of likely N-dealkylation sites (N-methyl/N-ethyl adjacent to an activating group) is 2. The van der Waals surface area contributed by atoms with Crippen LogP contribution >= 0.6 is 11.3 Å². The predicted octanol–water partition coefficient (Wildman–Crippen LogP) is 2.42. The molecular formula is C12H22N2S. The quantitative estimate of drug-likeness (QED) is 0.801. The monoisotopic (exact) mass is 226 g/mol. The standard InChI is InChI=1S/C12H22N2S/c1-10(2)12(8-13-3)14(4)9-11-6-5-7-15-11/h5-7,10,12-13H,8-9H2,1-4H3. The molecule has 15 heavy (non-hydrogen) atoms. The Morgan fingerprint density at radius 3 is 2.67 bits per heavy atom. The first-order valence-electron chi connectivity index (χ1n) is 5.52. The molecule has 0 fully saturated rings. The Morgan fingerprint density at radius 2 is 2.20 bits per heavy atom. The van der Waals surface area contributed by atoms with Gasteiger partial charge < -0.3 is 5.32 Å². The minimum Gasteiger partial charge on any atom is -0.318 e. The van der Waals surface area contributed by atoms with Gasteiger partial charge in [-0.25, -0.2) is 0 Å². The summed E-state index contributed by atoms with van der Waals surface area (Å²) in [6.07, 6.45) is 0. The van der Waals surface area contributed by atoms with Crippen molar-refractivity contribution in [3.8, 4) is 0 Å². The van der Waals surface area contributed by atoms with Gasteiger partial charge in [0, 0.05) is 24.0 Å². The van der Waals surface area contributed by atoms with Crippen LogP contribution in [0.15, 0.2) is 17.5 Å². The van der Waals surface area contributed by atoms with Gasteiger partial charge in [-0.3, -0.25) is 4.90 Å². The molecule has 0 amide bonds. The Bertz CT molecular complexity index is 257. The van der Waals surface area contributed by atoms with Crippen LogP contribution < -0.4 is 5.32 Å². The summed E-state index contributed by atoms with van der Waals surface area (Å²) in [5, 5.41) is 5.42. The molecule has 1 atom stereocenters. The molecule has 0 spiro atoms. The Balaban J connectivity index is 2.52. The first-order valence-corrected chi connectivity index (χ1v) is 6.40. The summed E-state index contributed by atoms with van der Waals surface area (Å²) in [4.78, 5) is 3.88. The Kier molecular flexibility index (Phi) is 5.29. The van der Waals surface area contributed by atoms with Crippen LogP contribution in [0.25, 0.3) is 0 Å². The summed E-state index contributed by atoms with van der Waals surface area (Å²) in [7, 11) is 4.23. The number of thiophene rings is 1. The van der Waals surface area contributed by atoms with Gasteiger partial charge in [0.2, 0.25) is 0 Å². The number of nitrogens with zero attached hydrogens (tertiary/aromatic N) is 1. The molecule has 0 aliphatic heterocycles. The third kappa shape index (κ3) is 3.93. The second-order valence-corrected chi connectivity index (χ2v) is 5.40. The minimum atomic E-state index is 0.608. The van der Waals surface area contributed by atoms with Crippen molar-refractivity contribution in [3.05, 3.63) is 22.4 Å². The Morgan fingerprint density at radius 1 is 1.47 bits per heavy atom. The topological polar surface area (TPSA) is 15.3 Å². The van der Waals surface area contributed by atoms with Gasteiger partial charge in [0.05, 0.1) is 0 Å². The van der Waals surface area contributed by atoms with Crippen LogP contribution in [0.5, 0.6) is 0 Å². The summed E-state index contributed by atoms with van der Waals surface area (Å²) in [6.45, 7) is 6.68. The van der Waals surface area contributed by atoms with Crippen molar-refractivity contribution in [1.82, 2.24) is 10.2 Å². The van der Waals surface area contributed by atoms with E-state index in [-0.39, 0.29) is 0 Å². The van der Waals surface area contributed by atoms with Crippen molar-refractivity contribution >= 4 is 11.3 Å². The van der Waals surface area contributed by atoms with Gasteiger partial charge in [0.15, 0.2) is 0 Å². The van der Waals surface area contributed by atoms with E-state index in [4.69, 9.17) is 0 Å². The van der Waals surface area contributed by atoms with Crippen LogP contribution in [-0.2, 0) is 6.54 Å². The van der Waals surface area contributed by atoms with Crippen molar-refractivity contribution < 1.29 is 0 Å². The minimum absolute atomic E-state index is 0.608. The van der Waals surface area contributed by atoms with E-state index in [9.17, 15) is 0 Å². The first kappa shape index (κ1) is 12.7. The van der Waals surface area contributed by atoms with E-state index in [0.29, 0.717) is 12.0 Å². The molecule has 1 aromatic rings. The number of hydrogen-bond donors (Lipinski definition) is 1. The molecule has 0 saturated carbocycles. The molecule has 1 aromatic heterocycles. The van der Waals surface area contributed by atoms with E-state index in [0.717, 1.165) is 13.1 Å². The molecule has 0 aliphatic carbocycles. The first-order chi connectivity index (χ1) is 7.15. The molecule has 0 saturated heterocycles. The van der Waals surface area contributed by atoms with Crippen molar-refractivity contribution in [2.45, 2.75) is 26.4 Å². The van der Waals surface area contributed by atoms with Gasteiger partial charge in [-0.15, -0.1) is 11.3 Å². The summed E-state index contributed by atoms with van der Waals surface area (Å²) in [5.41, 5.74) is 0. The highest BCUT2D eigenvalue weighted by Crippen LogP contribution is 2.15. The average molecular weight is 226 g/mol. The SMILES string of the molecule is CNCC(C(C)C)N(C)Cc1cccs1. The van der Waals surface area contributed by atoms with Gasteiger partial charge in [-0.1, -0.05) is 19.9 Å². The van der Waals surface area contributed by atoms with Gasteiger partial charge in [0.1, 0.15) is 0 Å². The lowest BCUT2D eigenvalue weighted by atomic mass is 10.0. The number of hydrogen-bond acceptors (Lipinski definition) is 3. The maximum atomic E-state index is 3.27. The highest BCUT2D eigenvalue weighted by Gasteiger charge is 2.17. The third-order valence-electron chi connectivity index (χ3n) is 2.73. The van der Waals surface area contributed by atoms with E-state index in [1.54, 1.807) is 0 Å². The Hall–Kier alpha value is -0.380. The van der Waals surface area contributed by atoms with Gasteiger partial charge in [-0.05, 0) is 31.5 Å². The zero-order valence-corrected chi connectivity index (χ0v) is 11.0. The van der Waals surface area contributed by atoms with Crippen molar-refractivity contribution in [2.75, 3.05) is 20.6 Å². The lowest BCUT2D eigenvalue weighted by Crippen LogP contribution is -2.42. The molecule has 1 heterocycles. The predicted molar refractivity (Wildman–Crippen MR) is 68.3 cm³/mol. The molecule has 0 aliphatic rings. The zero-order chi connectivity index (χ0) is 11.3. The fraction of sp³-hybridized carbons (Fsp3) is 0.667. The molecule has 0 radical (unpaired) electrons. The fourth-order valence-electron chi connectivity index (χ4n) is 1.88. The van der Waals surface area contributed by atoms with Crippen LogP contribution in [0.4, 0.5) is 0 Å². The van der Waals surface area contributed by atoms with E-state index in [2.05, 4.69) is 48.6 Å². The fourth-order valence-corrected chi connectivity index (χ4v) is 2.64. The molecule has 1 N–H and O–H groups in total.